The minimum Gasteiger partial charge on any atom is -0.366 e. The van der Waals surface area contributed by atoms with Crippen LogP contribution >= 0.6 is 12.4 Å². The largest absolute Gasteiger partial charge is 0.366 e. The molecule has 0 spiro atoms. The zero-order valence-corrected chi connectivity index (χ0v) is 12.6. The van der Waals surface area contributed by atoms with Crippen LogP contribution in [0.2, 0.25) is 0 Å². The molecule has 0 saturated carbocycles. The van der Waals surface area contributed by atoms with Gasteiger partial charge < -0.3 is 15.0 Å². The van der Waals surface area contributed by atoms with Gasteiger partial charge in [-0.05, 0) is 12.8 Å². The number of rotatable bonds is 6. The zero-order valence-electron chi connectivity index (χ0n) is 11.8. The standard InChI is InChI=1S/C13H26N2O2.ClH/c1-4-11(5-2)10-15(6-3)13(16)12-9-14-7-8-17-12;/h11-12,14H,4-10H2,1-3H3;1H. The Morgan fingerprint density at radius 1 is 1.39 bits per heavy atom. The minimum absolute atomic E-state index is 0. The summed E-state index contributed by atoms with van der Waals surface area (Å²) in [5.74, 6) is 0.752. The van der Waals surface area contributed by atoms with Crippen molar-refractivity contribution in [3.05, 3.63) is 0 Å². The first-order valence-corrected chi connectivity index (χ1v) is 6.83. The lowest BCUT2D eigenvalue weighted by Gasteiger charge is -2.31. The van der Waals surface area contributed by atoms with Gasteiger partial charge in [-0.25, -0.2) is 0 Å². The van der Waals surface area contributed by atoms with Gasteiger partial charge in [0.1, 0.15) is 6.10 Å². The third-order valence-electron chi connectivity index (χ3n) is 3.53. The first-order valence-electron chi connectivity index (χ1n) is 6.83. The van der Waals surface area contributed by atoms with E-state index < -0.39 is 0 Å². The van der Waals surface area contributed by atoms with Crippen molar-refractivity contribution in [2.24, 2.45) is 5.92 Å². The number of hydrogen-bond donors (Lipinski definition) is 1. The smallest absolute Gasteiger partial charge is 0.253 e. The van der Waals surface area contributed by atoms with Crippen LogP contribution in [0.25, 0.3) is 0 Å². The van der Waals surface area contributed by atoms with E-state index in [0.29, 0.717) is 19.1 Å². The van der Waals surface area contributed by atoms with Crippen LogP contribution in [0.3, 0.4) is 0 Å². The summed E-state index contributed by atoms with van der Waals surface area (Å²) in [4.78, 5) is 14.2. The number of carbonyl (C=O) groups excluding carboxylic acids is 1. The van der Waals surface area contributed by atoms with E-state index in [0.717, 1.165) is 32.5 Å². The molecule has 0 aromatic heterocycles. The van der Waals surface area contributed by atoms with Gasteiger partial charge in [0.2, 0.25) is 0 Å². The van der Waals surface area contributed by atoms with Gasteiger partial charge in [0.15, 0.2) is 0 Å². The maximum atomic E-state index is 12.3. The van der Waals surface area contributed by atoms with Crippen molar-refractivity contribution in [1.82, 2.24) is 10.2 Å². The molecule has 0 aromatic carbocycles. The number of likely N-dealkylation sites (N-methyl/N-ethyl adjacent to an activating group) is 1. The van der Waals surface area contributed by atoms with Gasteiger partial charge in [0.05, 0.1) is 6.61 Å². The van der Waals surface area contributed by atoms with Gasteiger partial charge >= 0.3 is 0 Å². The Morgan fingerprint density at radius 2 is 2.06 bits per heavy atom. The number of ether oxygens (including phenoxy) is 1. The number of halogens is 1. The molecule has 4 nitrogen and oxygen atoms in total. The Kier molecular flexibility index (Phi) is 9.42. The molecule has 0 bridgehead atoms. The van der Waals surface area contributed by atoms with E-state index in [9.17, 15) is 4.79 Å². The molecule has 1 rings (SSSR count). The van der Waals surface area contributed by atoms with E-state index in [1.165, 1.54) is 0 Å². The summed E-state index contributed by atoms with van der Waals surface area (Å²) in [6.45, 7) is 10.2. The summed E-state index contributed by atoms with van der Waals surface area (Å²) in [5.41, 5.74) is 0. The molecule has 1 saturated heterocycles. The fourth-order valence-corrected chi connectivity index (χ4v) is 2.16. The van der Waals surface area contributed by atoms with E-state index >= 15 is 0 Å². The lowest BCUT2D eigenvalue weighted by Crippen LogP contribution is -2.50. The summed E-state index contributed by atoms with van der Waals surface area (Å²) in [6.07, 6.45) is 1.98. The van der Waals surface area contributed by atoms with Crippen molar-refractivity contribution in [3.63, 3.8) is 0 Å². The van der Waals surface area contributed by atoms with E-state index in [1.54, 1.807) is 0 Å². The van der Waals surface area contributed by atoms with Gasteiger partial charge in [0.25, 0.3) is 5.91 Å². The second-order valence-electron chi connectivity index (χ2n) is 4.62. The lowest BCUT2D eigenvalue weighted by atomic mass is 10.0. The number of morpholine rings is 1. The molecule has 1 heterocycles. The molecule has 1 aliphatic rings. The molecular formula is C13H27ClN2O2. The molecule has 108 valence electrons. The Balaban J connectivity index is 0.00000289. The zero-order chi connectivity index (χ0) is 12.7. The highest BCUT2D eigenvalue weighted by atomic mass is 35.5. The molecule has 1 aliphatic heterocycles. The van der Waals surface area contributed by atoms with Crippen molar-refractivity contribution in [2.45, 2.75) is 39.7 Å². The Hall–Kier alpha value is -0.320. The molecule has 18 heavy (non-hydrogen) atoms. The summed E-state index contributed by atoms with van der Waals surface area (Å²) in [5, 5.41) is 3.20. The second-order valence-corrected chi connectivity index (χ2v) is 4.62. The van der Waals surface area contributed by atoms with Crippen molar-refractivity contribution >= 4 is 18.3 Å². The van der Waals surface area contributed by atoms with Gasteiger partial charge in [-0.2, -0.15) is 0 Å². The molecule has 1 atom stereocenters. The van der Waals surface area contributed by atoms with Crippen LogP contribution in [0.5, 0.6) is 0 Å². The van der Waals surface area contributed by atoms with Crippen LogP contribution in [0, 0.1) is 5.92 Å². The molecule has 0 aromatic rings. The highest BCUT2D eigenvalue weighted by molar-refractivity contribution is 5.85. The third kappa shape index (κ3) is 5.12. The van der Waals surface area contributed by atoms with Crippen LogP contribution < -0.4 is 5.32 Å². The minimum atomic E-state index is -0.280. The number of nitrogens with zero attached hydrogens (tertiary/aromatic N) is 1. The highest BCUT2D eigenvalue weighted by Gasteiger charge is 2.26. The Bertz CT molecular complexity index is 229. The average Bonchev–Trinajstić information content (AvgIpc) is 2.40. The molecular weight excluding hydrogens is 252 g/mol. The van der Waals surface area contributed by atoms with E-state index in [1.807, 2.05) is 11.8 Å². The normalized spacial score (nSPS) is 19.4. The van der Waals surface area contributed by atoms with Crippen LogP contribution in [0.1, 0.15) is 33.6 Å². The number of carbonyl (C=O) groups is 1. The molecule has 1 fully saturated rings. The predicted molar refractivity (Wildman–Crippen MR) is 76.2 cm³/mol. The number of amides is 1. The summed E-state index contributed by atoms with van der Waals surface area (Å²) in [7, 11) is 0. The monoisotopic (exact) mass is 278 g/mol. The maximum absolute atomic E-state index is 12.3. The van der Waals surface area contributed by atoms with Crippen LogP contribution in [-0.2, 0) is 9.53 Å². The SMILES string of the molecule is CCC(CC)CN(CC)C(=O)C1CNCCO1.Cl. The average molecular weight is 279 g/mol. The number of hydrogen-bond acceptors (Lipinski definition) is 3. The van der Waals surface area contributed by atoms with E-state index in [-0.39, 0.29) is 24.4 Å². The molecule has 1 N–H and O–H groups in total. The quantitative estimate of drug-likeness (QED) is 0.804. The Labute approximate surface area is 117 Å². The van der Waals surface area contributed by atoms with Crippen LogP contribution in [0.15, 0.2) is 0 Å². The first kappa shape index (κ1) is 17.7. The fourth-order valence-electron chi connectivity index (χ4n) is 2.16. The second kappa shape index (κ2) is 9.59. The molecule has 5 heteroatoms. The predicted octanol–water partition coefficient (Wildman–Crippen LogP) is 1.68. The topological polar surface area (TPSA) is 41.6 Å². The molecule has 1 amide bonds. The lowest BCUT2D eigenvalue weighted by molar-refractivity contribution is -0.145. The summed E-state index contributed by atoms with van der Waals surface area (Å²) in [6, 6.07) is 0. The maximum Gasteiger partial charge on any atom is 0.253 e. The number of nitrogens with one attached hydrogen (secondary N) is 1. The molecule has 0 aliphatic carbocycles. The molecule has 1 unspecified atom stereocenters. The summed E-state index contributed by atoms with van der Waals surface area (Å²) >= 11 is 0. The van der Waals surface area contributed by atoms with Crippen molar-refractivity contribution < 1.29 is 9.53 Å². The van der Waals surface area contributed by atoms with Gasteiger partial charge in [-0.15, -0.1) is 12.4 Å². The Morgan fingerprint density at radius 3 is 2.50 bits per heavy atom. The van der Waals surface area contributed by atoms with Crippen molar-refractivity contribution in [1.29, 1.82) is 0 Å². The van der Waals surface area contributed by atoms with Gasteiger partial charge in [-0.1, -0.05) is 26.7 Å². The van der Waals surface area contributed by atoms with Gasteiger partial charge in [0, 0.05) is 26.2 Å². The summed E-state index contributed by atoms with van der Waals surface area (Å²) < 4.78 is 5.52. The third-order valence-corrected chi connectivity index (χ3v) is 3.53. The van der Waals surface area contributed by atoms with Crippen LogP contribution in [-0.4, -0.2) is 49.7 Å². The van der Waals surface area contributed by atoms with Gasteiger partial charge in [-0.3, -0.25) is 4.79 Å². The van der Waals surface area contributed by atoms with Crippen LogP contribution in [0.4, 0.5) is 0 Å². The molecule has 0 radical (unpaired) electrons. The highest BCUT2D eigenvalue weighted by Crippen LogP contribution is 2.12. The van der Waals surface area contributed by atoms with E-state index in [4.69, 9.17) is 4.74 Å². The van der Waals surface area contributed by atoms with Crippen molar-refractivity contribution in [3.8, 4) is 0 Å². The first-order chi connectivity index (χ1) is 8.22. The fraction of sp³-hybridized carbons (Fsp3) is 0.923. The van der Waals surface area contributed by atoms with E-state index in [2.05, 4.69) is 19.2 Å². The van der Waals surface area contributed by atoms with Crippen molar-refractivity contribution in [2.75, 3.05) is 32.8 Å².